The summed E-state index contributed by atoms with van der Waals surface area (Å²) in [5.41, 5.74) is 10.9. The molecule has 1 amide bonds. The molecule has 0 aliphatic rings. The second kappa shape index (κ2) is 8.56. The standard InChI is InChI=1S/C23H23N3O3/c1-4-29-23(28)16-7-9-18(10-8-16)26-22(27)21-15(3)6-5-14(2)20(21)17-11-12-25-19(24)13-17/h5-13H,4H2,1-3H3,(H2,24,25)(H,26,27). The van der Waals surface area contributed by atoms with Gasteiger partial charge in [0.25, 0.3) is 5.91 Å². The van der Waals surface area contributed by atoms with Gasteiger partial charge in [0.15, 0.2) is 0 Å². The number of hydrogen-bond donors (Lipinski definition) is 2. The molecule has 3 N–H and O–H groups in total. The third-order valence-corrected chi connectivity index (χ3v) is 4.57. The van der Waals surface area contributed by atoms with Gasteiger partial charge < -0.3 is 15.8 Å². The molecule has 1 heterocycles. The van der Waals surface area contributed by atoms with Gasteiger partial charge in [0.2, 0.25) is 0 Å². The van der Waals surface area contributed by atoms with Crippen LogP contribution in [0.25, 0.3) is 11.1 Å². The minimum absolute atomic E-state index is 0.236. The van der Waals surface area contributed by atoms with Gasteiger partial charge in [0, 0.05) is 11.9 Å². The third kappa shape index (κ3) is 4.43. The Hall–Kier alpha value is -3.67. The molecule has 6 nitrogen and oxygen atoms in total. The fourth-order valence-corrected chi connectivity index (χ4v) is 3.18. The van der Waals surface area contributed by atoms with Gasteiger partial charge in [-0.15, -0.1) is 0 Å². The monoisotopic (exact) mass is 389 g/mol. The van der Waals surface area contributed by atoms with Gasteiger partial charge in [-0.25, -0.2) is 9.78 Å². The van der Waals surface area contributed by atoms with Crippen LogP contribution in [0, 0.1) is 13.8 Å². The lowest BCUT2D eigenvalue weighted by atomic mass is 9.91. The Kier molecular flexibility index (Phi) is 5.93. The number of aryl methyl sites for hydroxylation is 2. The number of benzene rings is 2. The second-order valence-corrected chi connectivity index (χ2v) is 6.67. The molecule has 6 heteroatoms. The summed E-state index contributed by atoms with van der Waals surface area (Å²) in [6, 6.07) is 14.1. The molecule has 0 bridgehead atoms. The van der Waals surface area contributed by atoms with Crippen LogP contribution in [0.5, 0.6) is 0 Å². The smallest absolute Gasteiger partial charge is 0.338 e. The summed E-state index contributed by atoms with van der Waals surface area (Å²) in [6.45, 7) is 5.92. The Morgan fingerprint density at radius 2 is 1.72 bits per heavy atom. The molecule has 0 aliphatic carbocycles. The van der Waals surface area contributed by atoms with Crippen molar-refractivity contribution in [3.05, 3.63) is 77.0 Å². The number of nitrogens with one attached hydrogen (secondary N) is 1. The summed E-state index contributed by atoms with van der Waals surface area (Å²) in [4.78, 5) is 29.0. The van der Waals surface area contributed by atoms with Crippen LogP contribution < -0.4 is 11.1 Å². The van der Waals surface area contributed by atoms with Gasteiger partial charge in [0.1, 0.15) is 5.82 Å². The van der Waals surface area contributed by atoms with E-state index < -0.39 is 5.97 Å². The highest BCUT2D eigenvalue weighted by molar-refractivity contribution is 6.10. The molecular weight excluding hydrogens is 366 g/mol. The molecule has 0 unspecified atom stereocenters. The average Bonchev–Trinajstić information content (AvgIpc) is 2.70. The fraction of sp³-hybridized carbons (Fsp3) is 0.174. The van der Waals surface area contributed by atoms with Crippen LogP contribution in [0.4, 0.5) is 11.5 Å². The number of anilines is 2. The minimum Gasteiger partial charge on any atom is -0.462 e. The second-order valence-electron chi connectivity index (χ2n) is 6.67. The maximum Gasteiger partial charge on any atom is 0.338 e. The van der Waals surface area contributed by atoms with Gasteiger partial charge in [0.05, 0.1) is 17.7 Å². The lowest BCUT2D eigenvalue weighted by molar-refractivity contribution is 0.0526. The molecule has 3 rings (SSSR count). The van der Waals surface area contributed by atoms with Crippen molar-refractivity contribution in [2.24, 2.45) is 0 Å². The molecule has 148 valence electrons. The van der Waals surface area contributed by atoms with E-state index in [1.54, 1.807) is 43.5 Å². The van der Waals surface area contributed by atoms with Crippen molar-refractivity contribution >= 4 is 23.4 Å². The first-order valence-corrected chi connectivity index (χ1v) is 9.31. The van der Waals surface area contributed by atoms with Crippen LogP contribution in [-0.2, 0) is 4.74 Å². The number of rotatable bonds is 5. The van der Waals surface area contributed by atoms with Crippen molar-refractivity contribution in [2.75, 3.05) is 17.7 Å². The van der Waals surface area contributed by atoms with E-state index in [-0.39, 0.29) is 5.91 Å². The van der Waals surface area contributed by atoms with Gasteiger partial charge in [-0.05, 0) is 79.4 Å². The molecule has 0 radical (unpaired) electrons. The molecule has 0 aliphatic heterocycles. The van der Waals surface area contributed by atoms with Crippen molar-refractivity contribution < 1.29 is 14.3 Å². The molecule has 3 aromatic rings. The SMILES string of the molecule is CCOC(=O)c1ccc(NC(=O)c2c(C)ccc(C)c2-c2ccnc(N)c2)cc1. The zero-order valence-corrected chi connectivity index (χ0v) is 16.7. The zero-order valence-electron chi connectivity index (χ0n) is 16.7. The van der Waals surface area contributed by atoms with Crippen molar-refractivity contribution in [2.45, 2.75) is 20.8 Å². The van der Waals surface area contributed by atoms with Crippen molar-refractivity contribution in [1.82, 2.24) is 4.98 Å². The molecule has 0 spiro atoms. The Morgan fingerprint density at radius 1 is 1.03 bits per heavy atom. The number of carbonyl (C=O) groups excluding carboxylic acids is 2. The number of esters is 1. The van der Waals surface area contributed by atoms with Crippen LogP contribution in [0.3, 0.4) is 0 Å². The van der Waals surface area contributed by atoms with E-state index in [2.05, 4.69) is 10.3 Å². The number of amides is 1. The molecule has 2 aromatic carbocycles. The topological polar surface area (TPSA) is 94.3 Å². The van der Waals surface area contributed by atoms with E-state index in [9.17, 15) is 9.59 Å². The zero-order chi connectivity index (χ0) is 21.0. The molecule has 0 saturated carbocycles. The molecule has 0 fully saturated rings. The summed E-state index contributed by atoms with van der Waals surface area (Å²) in [5, 5.41) is 2.91. The normalized spacial score (nSPS) is 10.4. The Balaban J connectivity index is 1.94. The van der Waals surface area contributed by atoms with E-state index in [0.29, 0.717) is 29.2 Å². The fourth-order valence-electron chi connectivity index (χ4n) is 3.18. The molecular formula is C23H23N3O3. The van der Waals surface area contributed by atoms with Crippen molar-refractivity contribution in [3.8, 4) is 11.1 Å². The van der Waals surface area contributed by atoms with Gasteiger partial charge in [-0.2, -0.15) is 0 Å². The first-order chi connectivity index (χ1) is 13.9. The summed E-state index contributed by atoms with van der Waals surface area (Å²) in [7, 11) is 0. The van der Waals surface area contributed by atoms with Crippen molar-refractivity contribution in [3.63, 3.8) is 0 Å². The van der Waals surface area contributed by atoms with Gasteiger partial charge in [-0.3, -0.25) is 4.79 Å². The maximum atomic E-state index is 13.1. The third-order valence-electron chi connectivity index (χ3n) is 4.57. The van der Waals surface area contributed by atoms with Crippen LogP contribution in [0.1, 0.15) is 38.8 Å². The van der Waals surface area contributed by atoms with Gasteiger partial charge in [-0.1, -0.05) is 12.1 Å². The Bertz CT molecular complexity index is 1060. The molecule has 1 aromatic heterocycles. The highest BCUT2D eigenvalue weighted by atomic mass is 16.5. The highest BCUT2D eigenvalue weighted by Crippen LogP contribution is 2.31. The molecule has 0 saturated heterocycles. The van der Waals surface area contributed by atoms with Crippen molar-refractivity contribution in [1.29, 1.82) is 0 Å². The first kappa shape index (κ1) is 20.1. The van der Waals surface area contributed by atoms with Gasteiger partial charge >= 0.3 is 5.97 Å². The number of nitrogen functional groups attached to an aromatic ring is 1. The maximum absolute atomic E-state index is 13.1. The Morgan fingerprint density at radius 3 is 2.38 bits per heavy atom. The van der Waals surface area contributed by atoms with Crippen LogP contribution in [-0.4, -0.2) is 23.5 Å². The quantitative estimate of drug-likeness (QED) is 0.632. The summed E-state index contributed by atoms with van der Waals surface area (Å²) in [5.74, 6) is -0.234. The Labute approximate surface area is 169 Å². The van der Waals surface area contributed by atoms with Crippen LogP contribution in [0.15, 0.2) is 54.7 Å². The number of hydrogen-bond acceptors (Lipinski definition) is 5. The predicted molar refractivity (Wildman–Crippen MR) is 114 cm³/mol. The number of aromatic nitrogens is 1. The number of ether oxygens (including phenoxy) is 1. The van der Waals surface area contributed by atoms with Crippen LogP contribution >= 0.6 is 0 Å². The van der Waals surface area contributed by atoms with E-state index in [0.717, 1.165) is 22.3 Å². The number of nitrogens with zero attached hydrogens (tertiary/aromatic N) is 1. The van der Waals surface area contributed by atoms with E-state index in [4.69, 9.17) is 10.5 Å². The summed E-state index contributed by atoms with van der Waals surface area (Å²) < 4.78 is 4.98. The predicted octanol–water partition coefficient (Wildman–Crippen LogP) is 4.38. The molecule has 29 heavy (non-hydrogen) atoms. The first-order valence-electron chi connectivity index (χ1n) is 9.31. The summed E-state index contributed by atoms with van der Waals surface area (Å²) in [6.07, 6.45) is 1.63. The lowest BCUT2D eigenvalue weighted by Gasteiger charge is -2.16. The van der Waals surface area contributed by atoms with E-state index in [1.165, 1.54) is 0 Å². The van der Waals surface area contributed by atoms with Crippen LogP contribution in [0.2, 0.25) is 0 Å². The van der Waals surface area contributed by atoms with E-state index >= 15 is 0 Å². The van der Waals surface area contributed by atoms with E-state index in [1.807, 2.05) is 32.0 Å². The lowest BCUT2D eigenvalue weighted by Crippen LogP contribution is -2.16. The number of carbonyl (C=O) groups is 2. The number of nitrogens with two attached hydrogens (primary N) is 1. The minimum atomic E-state index is -0.391. The largest absolute Gasteiger partial charge is 0.462 e. The molecule has 0 atom stereocenters. The average molecular weight is 389 g/mol. The highest BCUT2D eigenvalue weighted by Gasteiger charge is 2.18. The summed E-state index contributed by atoms with van der Waals surface area (Å²) >= 11 is 0. The number of pyridine rings is 1.